The Labute approximate surface area is 135 Å². The van der Waals surface area contributed by atoms with Gasteiger partial charge in [-0.15, -0.1) is 0 Å². The molecule has 0 radical (unpaired) electrons. The van der Waals surface area contributed by atoms with Crippen molar-refractivity contribution in [3.05, 3.63) is 0 Å². The Bertz CT molecular complexity index is 322. The maximum atomic E-state index is 9.17. The summed E-state index contributed by atoms with van der Waals surface area (Å²) in [7, 11) is 0. The van der Waals surface area contributed by atoms with Gasteiger partial charge in [-0.3, -0.25) is 0 Å². The molecule has 2 heterocycles. The average Bonchev–Trinajstić information content (AvgIpc) is 2.54. The Kier molecular flexibility index (Phi) is 7.13. The van der Waals surface area contributed by atoms with Gasteiger partial charge in [-0.25, -0.2) is 0 Å². The third kappa shape index (κ3) is 4.92. The van der Waals surface area contributed by atoms with Crippen molar-refractivity contribution in [1.29, 1.82) is 0 Å². The minimum Gasteiger partial charge on any atom is -0.396 e. The van der Waals surface area contributed by atoms with Crippen molar-refractivity contribution in [2.45, 2.75) is 89.6 Å². The van der Waals surface area contributed by atoms with Gasteiger partial charge in [0.2, 0.25) is 0 Å². The molecule has 1 spiro atoms. The normalized spacial score (nSPS) is 37.4. The third-order valence-electron chi connectivity index (χ3n) is 5.39. The summed E-state index contributed by atoms with van der Waals surface area (Å²) >= 11 is 0. The monoisotopic (exact) mass is 314 g/mol. The molecule has 0 bridgehead atoms. The van der Waals surface area contributed by atoms with Crippen LogP contribution in [0.3, 0.4) is 0 Å². The standard InChI is InChI=1S/C18H34O4/c1-14(13-20)7-8-16-5-3-10-18(21-16)11-9-15(2)17(22-18)6-4-12-19/h14-17,19-20H,3-13H2,1-2H3/t14-,15?,16-,17+,18?/m0/s1. The third-order valence-corrected chi connectivity index (χ3v) is 5.39. The van der Waals surface area contributed by atoms with E-state index in [1.165, 1.54) is 6.42 Å². The molecule has 0 aromatic rings. The molecule has 4 heteroatoms. The lowest BCUT2D eigenvalue weighted by molar-refractivity contribution is -0.324. The Morgan fingerprint density at radius 1 is 1.14 bits per heavy atom. The molecule has 0 aromatic heterocycles. The predicted octanol–water partition coefficient (Wildman–Crippen LogP) is 3.25. The first-order valence-electron chi connectivity index (χ1n) is 9.16. The second-order valence-corrected chi connectivity index (χ2v) is 7.45. The van der Waals surface area contributed by atoms with Crippen LogP contribution in [0.2, 0.25) is 0 Å². The molecule has 2 saturated heterocycles. The van der Waals surface area contributed by atoms with Gasteiger partial charge in [-0.1, -0.05) is 13.8 Å². The zero-order valence-electron chi connectivity index (χ0n) is 14.3. The van der Waals surface area contributed by atoms with Crippen LogP contribution in [0.25, 0.3) is 0 Å². The molecule has 0 aromatic carbocycles. The van der Waals surface area contributed by atoms with Gasteiger partial charge in [-0.2, -0.15) is 0 Å². The quantitative estimate of drug-likeness (QED) is 0.757. The number of ether oxygens (including phenoxy) is 2. The van der Waals surface area contributed by atoms with Crippen molar-refractivity contribution >= 4 is 0 Å². The van der Waals surface area contributed by atoms with E-state index in [9.17, 15) is 0 Å². The van der Waals surface area contributed by atoms with Crippen molar-refractivity contribution in [3.63, 3.8) is 0 Å². The molecule has 2 aliphatic rings. The molecule has 2 N–H and O–H groups in total. The van der Waals surface area contributed by atoms with Gasteiger partial charge in [0.05, 0.1) is 12.2 Å². The van der Waals surface area contributed by atoms with E-state index in [0.29, 0.717) is 11.8 Å². The molecule has 0 amide bonds. The number of hydrogen-bond donors (Lipinski definition) is 2. The van der Waals surface area contributed by atoms with E-state index in [1.807, 2.05) is 0 Å². The number of rotatable bonds is 7. The van der Waals surface area contributed by atoms with E-state index in [-0.39, 0.29) is 31.2 Å². The Morgan fingerprint density at radius 3 is 2.68 bits per heavy atom. The lowest BCUT2D eigenvalue weighted by Crippen LogP contribution is -2.50. The Balaban J connectivity index is 1.88. The predicted molar refractivity (Wildman–Crippen MR) is 86.5 cm³/mol. The van der Waals surface area contributed by atoms with E-state index in [2.05, 4.69) is 13.8 Å². The van der Waals surface area contributed by atoms with Gasteiger partial charge in [0.25, 0.3) is 0 Å². The molecule has 2 unspecified atom stereocenters. The molecule has 2 fully saturated rings. The molecule has 4 nitrogen and oxygen atoms in total. The summed E-state index contributed by atoms with van der Waals surface area (Å²) in [6, 6.07) is 0. The van der Waals surface area contributed by atoms with Gasteiger partial charge >= 0.3 is 0 Å². The number of aliphatic hydroxyl groups excluding tert-OH is 2. The summed E-state index contributed by atoms with van der Waals surface area (Å²) in [6.07, 6.45) is 9.68. The lowest BCUT2D eigenvalue weighted by atomic mass is 9.85. The number of aliphatic hydroxyl groups is 2. The van der Waals surface area contributed by atoms with Gasteiger partial charge in [0, 0.05) is 26.1 Å². The Hall–Kier alpha value is -0.160. The van der Waals surface area contributed by atoms with Crippen LogP contribution in [0.5, 0.6) is 0 Å². The van der Waals surface area contributed by atoms with Crippen LogP contribution in [0.1, 0.15) is 71.6 Å². The van der Waals surface area contributed by atoms with Crippen LogP contribution < -0.4 is 0 Å². The van der Waals surface area contributed by atoms with Gasteiger partial charge in [-0.05, 0) is 56.8 Å². The molecule has 22 heavy (non-hydrogen) atoms. The first-order valence-corrected chi connectivity index (χ1v) is 9.16. The fraction of sp³-hybridized carbons (Fsp3) is 1.00. The molecule has 5 atom stereocenters. The highest BCUT2D eigenvalue weighted by atomic mass is 16.7. The number of hydrogen-bond acceptors (Lipinski definition) is 4. The largest absolute Gasteiger partial charge is 0.396 e. The van der Waals surface area contributed by atoms with Crippen molar-refractivity contribution in [2.75, 3.05) is 13.2 Å². The van der Waals surface area contributed by atoms with Crippen LogP contribution in [0, 0.1) is 11.8 Å². The summed E-state index contributed by atoms with van der Waals surface area (Å²) in [6.45, 7) is 4.83. The van der Waals surface area contributed by atoms with E-state index < -0.39 is 0 Å². The highest BCUT2D eigenvalue weighted by Gasteiger charge is 2.44. The minimum absolute atomic E-state index is 0.219. The maximum Gasteiger partial charge on any atom is 0.169 e. The molecular formula is C18H34O4. The molecular weight excluding hydrogens is 280 g/mol. The van der Waals surface area contributed by atoms with Crippen LogP contribution in [0.4, 0.5) is 0 Å². The van der Waals surface area contributed by atoms with Crippen molar-refractivity contribution in [3.8, 4) is 0 Å². The summed E-state index contributed by atoms with van der Waals surface area (Å²) < 4.78 is 12.8. The summed E-state index contributed by atoms with van der Waals surface area (Å²) in [5.74, 6) is 0.527. The summed E-state index contributed by atoms with van der Waals surface area (Å²) in [4.78, 5) is 0. The smallest absolute Gasteiger partial charge is 0.169 e. The van der Waals surface area contributed by atoms with Gasteiger partial charge < -0.3 is 19.7 Å². The van der Waals surface area contributed by atoms with Crippen molar-refractivity contribution in [2.24, 2.45) is 11.8 Å². The fourth-order valence-corrected chi connectivity index (χ4v) is 3.78. The second-order valence-electron chi connectivity index (χ2n) is 7.45. The molecule has 2 aliphatic heterocycles. The van der Waals surface area contributed by atoms with Crippen LogP contribution in [-0.4, -0.2) is 41.4 Å². The zero-order chi connectivity index (χ0) is 16.0. The maximum absolute atomic E-state index is 9.17. The summed E-state index contributed by atoms with van der Waals surface area (Å²) in [5.41, 5.74) is 0. The second kappa shape index (κ2) is 8.62. The Morgan fingerprint density at radius 2 is 1.95 bits per heavy atom. The van der Waals surface area contributed by atoms with Gasteiger partial charge in [0.15, 0.2) is 5.79 Å². The molecule has 2 rings (SSSR count). The van der Waals surface area contributed by atoms with E-state index in [1.54, 1.807) is 0 Å². The van der Waals surface area contributed by atoms with Crippen LogP contribution in [-0.2, 0) is 9.47 Å². The minimum atomic E-state index is -0.377. The SMILES string of the molecule is CC1CCC2(CCC[C@@H](CC[C@H](C)CO)O2)O[C@@H]1CCCO. The van der Waals surface area contributed by atoms with Gasteiger partial charge in [0.1, 0.15) is 0 Å². The van der Waals surface area contributed by atoms with Crippen LogP contribution in [0.15, 0.2) is 0 Å². The zero-order valence-corrected chi connectivity index (χ0v) is 14.3. The fourth-order valence-electron chi connectivity index (χ4n) is 3.78. The summed E-state index contributed by atoms with van der Waals surface area (Å²) in [5, 5.41) is 18.2. The van der Waals surface area contributed by atoms with Crippen LogP contribution >= 0.6 is 0 Å². The topological polar surface area (TPSA) is 58.9 Å². The lowest BCUT2D eigenvalue weighted by Gasteiger charge is -2.48. The van der Waals surface area contributed by atoms with E-state index in [0.717, 1.165) is 51.4 Å². The van der Waals surface area contributed by atoms with Crippen molar-refractivity contribution < 1.29 is 19.7 Å². The highest BCUT2D eigenvalue weighted by molar-refractivity contribution is 4.86. The molecule has 0 saturated carbocycles. The van der Waals surface area contributed by atoms with E-state index in [4.69, 9.17) is 19.7 Å². The van der Waals surface area contributed by atoms with Crippen molar-refractivity contribution in [1.82, 2.24) is 0 Å². The highest BCUT2D eigenvalue weighted by Crippen LogP contribution is 2.42. The first-order chi connectivity index (χ1) is 10.6. The average molecular weight is 314 g/mol. The molecule has 130 valence electrons. The molecule has 0 aliphatic carbocycles. The van der Waals surface area contributed by atoms with E-state index >= 15 is 0 Å². The first kappa shape index (κ1) is 18.2.